The van der Waals surface area contributed by atoms with Crippen LogP contribution in [0.5, 0.6) is 0 Å². The zero-order chi connectivity index (χ0) is 17.2. The molecule has 2 N–H and O–H groups in total. The second-order valence-corrected chi connectivity index (χ2v) is 6.80. The molecular formula is C18H34N6. The lowest BCUT2D eigenvalue weighted by molar-refractivity contribution is 0.189. The van der Waals surface area contributed by atoms with E-state index in [-0.39, 0.29) is 0 Å². The fourth-order valence-electron chi connectivity index (χ4n) is 3.01. The summed E-state index contributed by atoms with van der Waals surface area (Å²) < 4.78 is 1.87. The van der Waals surface area contributed by atoms with Crippen molar-refractivity contribution in [3.05, 3.63) is 18.0 Å². The predicted molar refractivity (Wildman–Crippen MR) is 100 cm³/mol. The van der Waals surface area contributed by atoms with Crippen LogP contribution < -0.4 is 10.6 Å². The molecule has 0 radical (unpaired) electrons. The van der Waals surface area contributed by atoms with E-state index in [0.29, 0.717) is 6.54 Å². The summed E-state index contributed by atoms with van der Waals surface area (Å²) in [6, 6.07) is 2.01. The number of likely N-dealkylation sites (tertiary alicyclic amines) is 1. The number of piperidine rings is 1. The average molecular weight is 335 g/mol. The van der Waals surface area contributed by atoms with Crippen LogP contribution in [0.3, 0.4) is 0 Å². The van der Waals surface area contributed by atoms with Crippen LogP contribution >= 0.6 is 0 Å². The summed E-state index contributed by atoms with van der Waals surface area (Å²) in [5, 5.41) is 10.9. The highest BCUT2D eigenvalue weighted by molar-refractivity contribution is 5.79. The molecule has 0 aromatic carbocycles. The van der Waals surface area contributed by atoms with Crippen LogP contribution in [0.2, 0.25) is 0 Å². The topological polar surface area (TPSA) is 57.5 Å². The number of nitrogens with zero attached hydrogens (tertiary/aromatic N) is 4. The molecule has 0 bridgehead atoms. The third-order valence-corrected chi connectivity index (χ3v) is 4.74. The Morgan fingerprint density at radius 2 is 2.08 bits per heavy atom. The van der Waals surface area contributed by atoms with E-state index in [4.69, 9.17) is 0 Å². The molecule has 136 valence electrons. The first-order valence-corrected chi connectivity index (χ1v) is 9.40. The highest BCUT2D eigenvalue weighted by Crippen LogP contribution is 2.15. The molecule has 1 aliphatic rings. The quantitative estimate of drug-likeness (QED) is 0.434. The Morgan fingerprint density at radius 1 is 1.29 bits per heavy atom. The summed E-state index contributed by atoms with van der Waals surface area (Å²) in [4.78, 5) is 7.25. The molecule has 1 fully saturated rings. The number of hydrogen-bond acceptors (Lipinski definition) is 3. The number of hydrogen-bond donors (Lipinski definition) is 2. The van der Waals surface area contributed by atoms with Crippen molar-refractivity contribution in [3.63, 3.8) is 0 Å². The highest BCUT2D eigenvalue weighted by Gasteiger charge is 2.14. The molecule has 2 heterocycles. The summed E-state index contributed by atoms with van der Waals surface area (Å²) in [5.74, 6) is 1.81. The van der Waals surface area contributed by atoms with Crippen molar-refractivity contribution in [2.75, 3.05) is 32.7 Å². The van der Waals surface area contributed by atoms with E-state index in [9.17, 15) is 0 Å². The van der Waals surface area contributed by atoms with Gasteiger partial charge in [0.05, 0.1) is 12.2 Å². The van der Waals surface area contributed by atoms with Crippen LogP contribution in [-0.2, 0) is 13.6 Å². The fourth-order valence-corrected chi connectivity index (χ4v) is 3.01. The zero-order valence-electron chi connectivity index (χ0n) is 15.6. The molecule has 2 rings (SSSR count). The number of aryl methyl sites for hydroxylation is 1. The Labute approximate surface area is 146 Å². The molecule has 0 spiro atoms. The molecule has 24 heavy (non-hydrogen) atoms. The number of guanidine groups is 1. The Balaban J connectivity index is 1.63. The molecule has 6 nitrogen and oxygen atoms in total. The van der Waals surface area contributed by atoms with Gasteiger partial charge in [0.1, 0.15) is 0 Å². The molecular weight excluding hydrogens is 300 g/mol. The van der Waals surface area contributed by atoms with E-state index in [0.717, 1.165) is 30.7 Å². The molecule has 0 saturated carbocycles. The Bertz CT molecular complexity index is 487. The van der Waals surface area contributed by atoms with Gasteiger partial charge in [0.2, 0.25) is 0 Å². The van der Waals surface area contributed by atoms with Crippen LogP contribution in [0.25, 0.3) is 0 Å². The summed E-state index contributed by atoms with van der Waals surface area (Å²) in [6.07, 6.45) is 6.98. The summed E-state index contributed by atoms with van der Waals surface area (Å²) in [7, 11) is 1.95. The standard InChI is InChI=1S/C18H34N6/c1-4-19-18(21-15-17-7-11-22-23(17)3)20-10-5-6-12-24-13-8-16(2)9-14-24/h7,11,16H,4-6,8-10,12-15H2,1-3H3,(H2,19,20,21). The van der Waals surface area contributed by atoms with Crippen molar-refractivity contribution < 1.29 is 0 Å². The van der Waals surface area contributed by atoms with Crippen LogP contribution in [0.4, 0.5) is 0 Å². The van der Waals surface area contributed by atoms with E-state index < -0.39 is 0 Å². The molecule has 1 aromatic heterocycles. The van der Waals surface area contributed by atoms with E-state index in [1.807, 2.05) is 24.0 Å². The maximum atomic E-state index is 4.64. The number of aromatic nitrogens is 2. The van der Waals surface area contributed by atoms with Gasteiger partial charge in [-0.05, 0) is 64.2 Å². The normalized spacial score (nSPS) is 17.2. The number of aliphatic imine (C=N–C) groups is 1. The first kappa shape index (κ1) is 18.8. The van der Waals surface area contributed by atoms with Crippen LogP contribution in [0.1, 0.15) is 45.2 Å². The van der Waals surface area contributed by atoms with Crippen molar-refractivity contribution in [3.8, 4) is 0 Å². The Morgan fingerprint density at radius 3 is 2.75 bits per heavy atom. The van der Waals surface area contributed by atoms with Crippen molar-refractivity contribution in [1.29, 1.82) is 0 Å². The van der Waals surface area contributed by atoms with Gasteiger partial charge in [-0.2, -0.15) is 5.10 Å². The maximum Gasteiger partial charge on any atom is 0.191 e. The third-order valence-electron chi connectivity index (χ3n) is 4.74. The van der Waals surface area contributed by atoms with Gasteiger partial charge in [0, 0.05) is 26.3 Å². The first-order chi connectivity index (χ1) is 11.7. The van der Waals surface area contributed by atoms with E-state index in [1.54, 1.807) is 0 Å². The number of unbranched alkanes of at least 4 members (excludes halogenated alkanes) is 1. The third kappa shape index (κ3) is 6.51. The predicted octanol–water partition coefficient (Wildman–Crippen LogP) is 1.99. The SMILES string of the molecule is CCNC(=NCc1ccnn1C)NCCCCN1CCC(C)CC1. The molecule has 0 aliphatic carbocycles. The molecule has 1 aromatic rings. The lowest BCUT2D eigenvalue weighted by atomic mass is 9.99. The van der Waals surface area contributed by atoms with E-state index >= 15 is 0 Å². The largest absolute Gasteiger partial charge is 0.357 e. The van der Waals surface area contributed by atoms with Gasteiger partial charge in [-0.1, -0.05) is 6.92 Å². The van der Waals surface area contributed by atoms with Crippen molar-refractivity contribution in [2.24, 2.45) is 18.0 Å². The second-order valence-electron chi connectivity index (χ2n) is 6.80. The fraction of sp³-hybridized carbons (Fsp3) is 0.778. The molecule has 6 heteroatoms. The smallest absolute Gasteiger partial charge is 0.191 e. The monoisotopic (exact) mass is 334 g/mol. The van der Waals surface area contributed by atoms with Gasteiger partial charge in [-0.25, -0.2) is 4.99 Å². The zero-order valence-corrected chi connectivity index (χ0v) is 15.6. The van der Waals surface area contributed by atoms with E-state index in [1.165, 1.54) is 45.3 Å². The van der Waals surface area contributed by atoms with Gasteiger partial charge in [-0.3, -0.25) is 4.68 Å². The van der Waals surface area contributed by atoms with Gasteiger partial charge in [0.25, 0.3) is 0 Å². The van der Waals surface area contributed by atoms with E-state index in [2.05, 4.69) is 39.5 Å². The second kappa shape index (κ2) is 10.3. The minimum atomic E-state index is 0.651. The summed E-state index contributed by atoms with van der Waals surface area (Å²) in [6.45, 7) is 10.8. The van der Waals surface area contributed by atoms with Crippen molar-refractivity contribution in [2.45, 2.75) is 46.1 Å². The Hall–Kier alpha value is -1.56. The first-order valence-electron chi connectivity index (χ1n) is 9.40. The summed E-state index contributed by atoms with van der Waals surface area (Å²) >= 11 is 0. The highest BCUT2D eigenvalue weighted by atomic mass is 15.3. The van der Waals surface area contributed by atoms with Gasteiger partial charge >= 0.3 is 0 Å². The van der Waals surface area contributed by atoms with Crippen LogP contribution in [-0.4, -0.2) is 53.4 Å². The van der Waals surface area contributed by atoms with Crippen LogP contribution in [0.15, 0.2) is 17.3 Å². The molecule has 1 saturated heterocycles. The lowest BCUT2D eigenvalue weighted by Crippen LogP contribution is -2.38. The molecule has 0 unspecified atom stereocenters. The summed E-state index contributed by atoms with van der Waals surface area (Å²) in [5.41, 5.74) is 1.12. The van der Waals surface area contributed by atoms with Crippen molar-refractivity contribution in [1.82, 2.24) is 25.3 Å². The van der Waals surface area contributed by atoms with Gasteiger partial charge in [-0.15, -0.1) is 0 Å². The molecule has 0 amide bonds. The van der Waals surface area contributed by atoms with Crippen LogP contribution in [0, 0.1) is 5.92 Å². The lowest BCUT2D eigenvalue weighted by Gasteiger charge is -2.30. The number of nitrogens with one attached hydrogen (secondary N) is 2. The minimum Gasteiger partial charge on any atom is -0.357 e. The number of rotatable bonds is 8. The molecule has 0 atom stereocenters. The Kier molecular flexibility index (Phi) is 8.08. The minimum absolute atomic E-state index is 0.651. The molecule has 1 aliphatic heterocycles. The van der Waals surface area contributed by atoms with Gasteiger partial charge < -0.3 is 15.5 Å². The average Bonchev–Trinajstić information content (AvgIpc) is 2.99. The van der Waals surface area contributed by atoms with Crippen molar-refractivity contribution >= 4 is 5.96 Å². The van der Waals surface area contributed by atoms with Gasteiger partial charge in [0.15, 0.2) is 5.96 Å². The maximum absolute atomic E-state index is 4.64.